The number of likely N-dealkylation sites (tertiary alicyclic amines) is 1. The molecule has 1 unspecified atom stereocenters. The maximum absolute atomic E-state index is 13.2. The van der Waals surface area contributed by atoms with Crippen molar-refractivity contribution in [1.29, 1.82) is 0 Å². The fraction of sp³-hybridized carbons (Fsp3) is 0.538. The Balaban J connectivity index is 1.33. The van der Waals surface area contributed by atoms with Crippen LogP contribution in [0.2, 0.25) is 0 Å². The van der Waals surface area contributed by atoms with Gasteiger partial charge in [-0.3, -0.25) is 14.7 Å². The molecule has 0 radical (unpaired) electrons. The molecule has 32 heavy (non-hydrogen) atoms. The molecule has 3 heterocycles. The minimum atomic E-state index is -0.207. The van der Waals surface area contributed by atoms with E-state index in [2.05, 4.69) is 17.0 Å². The summed E-state index contributed by atoms with van der Waals surface area (Å²) < 4.78 is 18.6. The highest BCUT2D eigenvalue weighted by atomic mass is 19.1. The van der Waals surface area contributed by atoms with E-state index in [0.717, 1.165) is 82.2 Å². The monoisotopic (exact) mass is 439 g/mol. The van der Waals surface area contributed by atoms with Crippen molar-refractivity contribution in [2.45, 2.75) is 39.0 Å². The number of hydrogen-bond acceptors (Lipinski definition) is 4. The third-order valence-corrected chi connectivity index (χ3v) is 6.64. The summed E-state index contributed by atoms with van der Waals surface area (Å²) in [5, 5.41) is 0. The molecule has 0 bridgehead atoms. The molecule has 2 aromatic rings. The van der Waals surface area contributed by atoms with Gasteiger partial charge in [-0.2, -0.15) is 0 Å². The average Bonchev–Trinajstić information content (AvgIpc) is 2.80. The summed E-state index contributed by atoms with van der Waals surface area (Å²) in [5.41, 5.74) is 4.43. The number of nitrogens with zero attached hydrogens (tertiary/aromatic N) is 3. The van der Waals surface area contributed by atoms with E-state index in [4.69, 9.17) is 9.72 Å². The Morgan fingerprint density at radius 2 is 1.78 bits per heavy atom. The van der Waals surface area contributed by atoms with Crippen molar-refractivity contribution in [3.8, 4) is 0 Å². The van der Waals surface area contributed by atoms with E-state index in [-0.39, 0.29) is 17.6 Å². The van der Waals surface area contributed by atoms with Crippen molar-refractivity contribution < 1.29 is 13.9 Å². The van der Waals surface area contributed by atoms with Crippen molar-refractivity contribution >= 4 is 5.91 Å². The Morgan fingerprint density at radius 1 is 1.09 bits per heavy atom. The highest BCUT2D eigenvalue weighted by Crippen LogP contribution is 2.29. The molecule has 0 N–H and O–H groups in total. The van der Waals surface area contributed by atoms with Gasteiger partial charge in [-0.25, -0.2) is 4.39 Å². The Hall–Kier alpha value is -2.31. The first kappa shape index (κ1) is 22.9. The number of carbonyl (C=O) groups excluding carboxylic acids is 1. The zero-order valence-corrected chi connectivity index (χ0v) is 19.2. The number of piperidine rings is 1. The smallest absolute Gasteiger partial charge is 0.226 e. The first-order chi connectivity index (χ1) is 15.5. The molecule has 0 saturated carbocycles. The van der Waals surface area contributed by atoms with Gasteiger partial charge in [-0.05, 0) is 61.6 Å². The SMILES string of the molecule is Cc1cc(Cc2ccc(F)cc2)cc(C2CCN(C(=O)C(C)CN3CCOCC3)CC2)n1. The summed E-state index contributed by atoms with van der Waals surface area (Å²) in [5.74, 6) is 0.453. The summed E-state index contributed by atoms with van der Waals surface area (Å²) in [6.45, 7) is 9.83. The number of carbonyl (C=O) groups is 1. The quantitative estimate of drug-likeness (QED) is 0.687. The number of aryl methyl sites for hydroxylation is 1. The zero-order valence-electron chi connectivity index (χ0n) is 19.2. The van der Waals surface area contributed by atoms with Gasteiger partial charge in [0.05, 0.1) is 13.2 Å². The van der Waals surface area contributed by atoms with Crippen LogP contribution < -0.4 is 0 Å². The predicted octanol–water partition coefficient (Wildman–Crippen LogP) is 3.79. The molecule has 0 spiro atoms. The third-order valence-electron chi connectivity index (χ3n) is 6.64. The minimum Gasteiger partial charge on any atom is -0.379 e. The van der Waals surface area contributed by atoms with E-state index >= 15 is 0 Å². The van der Waals surface area contributed by atoms with Crippen molar-refractivity contribution in [2.24, 2.45) is 5.92 Å². The zero-order chi connectivity index (χ0) is 22.5. The molecule has 2 fully saturated rings. The molecule has 5 nitrogen and oxygen atoms in total. The number of morpholine rings is 1. The number of benzene rings is 1. The lowest BCUT2D eigenvalue weighted by molar-refractivity contribution is -0.137. The largest absolute Gasteiger partial charge is 0.379 e. The second kappa shape index (κ2) is 10.5. The summed E-state index contributed by atoms with van der Waals surface area (Å²) in [4.78, 5) is 22.2. The molecule has 2 aliphatic heterocycles. The lowest BCUT2D eigenvalue weighted by Crippen LogP contribution is -2.46. The fourth-order valence-electron chi connectivity index (χ4n) is 4.87. The van der Waals surface area contributed by atoms with Crippen LogP contribution in [0.15, 0.2) is 36.4 Å². The van der Waals surface area contributed by atoms with Gasteiger partial charge < -0.3 is 9.64 Å². The Bertz CT molecular complexity index is 904. The number of pyridine rings is 1. The van der Waals surface area contributed by atoms with Crippen LogP contribution >= 0.6 is 0 Å². The van der Waals surface area contributed by atoms with Gasteiger partial charge in [-0.15, -0.1) is 0 Å². The number of amides is 1. The highest BCUT2D eigenvalue weighted by Gasteiger charge is 2.28. The maximum atomic E-state index is 13.2. The molecule has 4 rings (SSSR count). The summed E-state index contributed by atoms with van der Waals surface area (Å²) in [6, 6.07) is 11.0. The lowest BCUT2D eigenvalue weighted by atomic mass is 9.90. The summed E-state index contributed by atoms with van der Waals surface area (Å²) in [6.07, 6.45) is 2.66. The molecule has 1 aromatic carbocycles. The fourth-order valence-corrected chi connectivity index (χ4v) is 4.87. The van der Waals surface area contributed by atoms with Gasteiger partial charge in [0.2, 0.25) is 5.91 Å². The van der Waals surface area contributed by atoms with Crippen LogP contribution in [0.5, 0.6) is 0 Å². The highest BCUT2D eigenvalue weighted by molar-refractivity contribution is 5.78. The molecule has 2 aliphatic rings. The van der Waals surface area contributed by atoms with Crippen LogP contribution in [-0.4, -0.2) is 66.6 Å². The number of rotatable bonds is 6. The van der Waals surface area contributed by atoms with E-state index in [0.29, 0.717) is 5.92 Å². The molecule has 1 aromatic heterocycles. The Kier molecular flexibility index (Phi) is 7.53. The van der Waals surface area contributed by atoms with Crippen molar-refractivity contribution in [3.05, 3.63) is 64.7 Å². The van der Waals surface area contributed by atoms with Crippen LogP contribution in [0, 0.1) is 18.7 Å². The Morgan fingerprint density at radius 3 is 2.47 bits per heavy atom. The van der Waals surface area contributed by atoms with E-state index in [1.807, 2.05) is 30.9 Å². The van der Waals surface area contributed by atoms with Gasteiger partial charge in [0.25, 0.3) is 0 Å². The van der Waals surface area contributed by atoms with Gasteiger partial charge in [0, 0.05) is 55.9 Å². The number of ether oxygens (including phenoxy) is 1. The lowest BCUT2D eigenvalue weighted by Gasteiger charge is -2.35. The number of aromatic nitrogens is 1. The van der Waals surface area contributed by atoms with Crippen molar-refractivity contribution in [3.63, 3.8) is 0 Å². The normalized spacial score (nSPS) is 19.2. The maximum Gasteiger partial charge on any atom is 0.226 e. The minimum absolute atomic E-state index is 0.0176. The van der Waals surface area contributed by atoms with Gasteiger partial charge >= 0.3 is 0 Å². The molecule has 172 valence electrons. The second-order valence-corrected chi connectivity index (χ2v) is 9.26. The van der Waals surface area contributed by atoms with Crippen LogP contribution in [0.4, 0.5) is 4.39 Å². The van der Waals surface area contributed by atoms with Crippen LogP contribution in [0.3, 0.4) is 0 Å². The van der Waals surface area contributed by atoms with Crippen LogP contribution in [0.25, 0.3) is 0 Å². The van der Waals surface area contributed by atoms with E-state index in [1.165, 1.54) is 17.7 Å². The van der Waals surface area contributed by atoms with Gasteiger partial charge in [-0.1, -0.05) is 19.1 Å². The summed E-state index contributed by atoms with van der Waals surface area (Å²) >= 11 is 0. The van der Waals surface area contributed by atoms with Crippen molar-refractivity contribution in [1.82, 2.24) is 14.8 Å². The summed E-state index contributed by atoms with van der Waals surface area (Å²) in [7, 11) is 0. The number of halogens is 1. The molecule has 2 saturated heterocycles. The third kappa shape index (κ3) is 5.93. The molecular formula is C26H34FN3O2. The van der Waals surface area contributed by atoms with E-state index in [9.17, 15) is 9.18 Å². The van der Waals surface area contributed by atoms with E-state index in [1.54, 1.807) is 0 Å². The van der Waals surface area contributed by atoms with Crippen LogP contribution in [-0.2, 0) is 16.0 Å². The molecule has 6 heteroatoms. The standard InChI is InChI=1S/C26H34FN3O2/c1-19(18-29-11-13-32-14-12-29)26(31)30-9-7-23(8-10-30)25-17-22(15-20(2)28-25)16-21-3-5-24(27)6-4-21/h3-6,15,17,19,23H,7-14,16,18H2,1-2H3. The van der Waals surface area contributed by atoms with Crippen molar-refractivity contribution in [2.75, 3.05) is 45.9 Å². The second-order valence-electron chi connectivity index (χ2n) is 9.26. The number of hydrogen-bond donors (Lipinski definition) is 0. The average molecular weight is 440 g/mol. The Labute approximate surface area is 190 Å². The van der Waals surface area contributed by atoms with Gasteiger partial charge in [0.1, 0.15) is 5.82 Å². The van der Waals surface area contributed by atoms with Crippen LogP contribution in [0.1, 0.15) is 48.2 Å². The predicted molar refractivity (Wildman–Crippen MR) is 123 cm³/mol. The van der Waals surface area contributed by atoms with Gasteiger partial charge in [0.15, 0.2) is 0 Å². The first-order valence-corrected chi connectivity index (χ1v) is 11.8. The molecular weight excluding hydrogens is 405 g/mol. The molecule has 1 atom stereocenters. The van der Waals surface area contributed by atoms with E-state index < -0.39 is 0 Å². The molecule has 1 amide bonds. The molecule has 0 aliphatic carbocycles. The topological polar surface area (TPSA) is 45.7 Å². The first-order valence-electron chi connectivity index (χ1n) is 11.8.